The summed E-state index contributed by atoms with van der Waals surface area (Å²) < 4.78 is 0. The monoisotopic (exact) mass is 260 g/mol. The molecule has 0 heterocycles. The zero-order valence-corrected chi connectivity index (χ0v) is 10.7. The van der Waals surface area contributed by atoms with Crippen molar-refractivity contribution in [2.75, 3.05) is 0 Å². The maximum absolute atomic E-state index is 11.2. The summed E-state index contributed by atoms with van der Waals surface area (Å²) in [6.45, 7) is 1.98. The average molecular weight is 261 g/mol. The Kier molecular flexibility index (Phi) is 3.68. The molecule has 2 nitrogen and oxygen atoms in total. The Morgan fingerprint density at radius 3 is 2.56 bits per heavy atom. The number of carboxylic acid groups (broad SMARTS) is 1. The molecule has 18 heavy (non-hydrogen) atoms. The summed E-state index contributed by atoms with van der Waals surface area (Å²) in [4.78, 5) is 11.2. The predicted octanol–water partition coefficient (Wildman–Crippen LogP) is 4.19. The number of benzene rings is 2. The molecule has 0 fully saturated rings. The summed E-state index contributed by atoms with van der Waals surface area (Å²) >= 11 is 5.96. The molecule has 0 aliphatic carbocycles. The summed E-state index contributed by atoms with van der Waals surface area (Å²) in [5, 5.41) is 9.85. The highest BCUT2D eigenvalue weighted by Gasteiger charge is 2.16. The largest absolute Gasteiger partial charge is 0.478 e. The van der Waals surface area contributed by atoms with Crippen LogP contribution in [0.2, 0.25) is 5.02 Å². The summed E-state index contributed by atoms with van der Waals surface area (Å²) in [6, 6.07) is 14.5. The number of rotatable bonds is 3. The van der Waals surface area contributed by atoms with E-state index in [0.29, 0.717) is 10.6 Å². The van der Waals surface area contributed by atoms with E-state index in [9.17, 15) is 9.90 Å². The summed E-state index contributed by atoms with van der Waals surface area (Å²) in [7, 11) is 0. The molecule has 3 heteroatoms. The molecule has 1 N–H and O–H groups in total. The molecular weight excluding hydrogens is 248 g/mol. The van der Waals surface area contributed by atoms with Crippen LogP contribution in [0.4, 0.5) is 0 Å². The third kappa shape index (κ3) is 2.54. The van der Waals surface area contributed by atoms with Crippen molar-refractivity contribution < 1.29 is 9.90 Å². The van der Waals surface area contributed by atoms with Gasteiger partial charge in [-0.25, -0.2) is 4.79 Å². The van der Waals surface area contributed by atoms with E-state index in [2.05, 4.69) is 0 Å². The fraction of sp³-hybridized carbons (Fsp3) is 0.133. The number of aromatic carboxylic acids is 1. The highest BCUT2D eigenvalue weighted by molar-refractivity contribution is 6.30. The number of hydrogen-bond donors (Lipinski definition) is 1. The highest BCUT2D eigenvalue weighted by atomic mass is 35.5. The van der Waals surface area contributed by atoms with Crippen molar-refractivity contribution in [3.05, 3.63) is 70.2 Å². The van der Waals surface area contributed by atoms with Crippen molar-refractivity contribution in [1.82, 2.24) is 0 Å². The summed E-state index contributed by atoms with van der Waals surface area (Å²) in [6.07, 6.45) is 0. The zero-order chi connectivity index (χ0) is 13.1. The molecule has 0 aliphatic rings. The van der Waals surface area contributed by atoms with E-state index in [1.54, 1.807) is 18.2 Å². The molecule has 0 aliphatic heterocycles. The molecule has 0 amide bonds. The van der Waals surface area contributed by atoms with Crippen molar-refractivity contribution in [3.63, 3.8) is 0 Å². The second-order valence-electron chi connectivity index (χ2n) is 4.17. The van der Waals surface area contributed by atoms with Crippen molar-refractivity contribution in [1.29, 1.82) is 0 Å². The molecule has 1 unspecified atom stereocenters. The van der Waals surface area contributed by atoms with Crippen LogP contribution in [0.3, 0.4) is 0 Å². The quantitative estimate of drug-likeness (QED) is 0.898. The van der Waals surface area contributed by atoms with E-state index in [1.807, 2.05) is 37.3 Å². The Morgan fingerprint density at radius 2 is 1.89 bits per heavy atom. The van der Waals surface area contributed by atoms with Crippen LogP contribution in [0.25, 0.3) is 0 Å². The van der Waals surface area contributed by atoms with Gasteiger partial charge in [0.15, 0.2) is 0 Å². The van der Waals surface area contributed by atoms with Gasteiger partial charge in [-0.1, -0.05) is 48.9 Å². The van der Waals surface area contributed by atoms with Gasteiger partial charge >= 0.3 is 5.97 Å². The van der Waals surface area contributed by atoms with Gasteiger partial charge in [-0.3, -0.25) is 0 Å². The molecule has 0 saturated carbocycles. The molecule has 2 rings (SSSR count). The summed E-state index contributed by atoms with van der Waals surface area (Å²) in [5.74, 6) is -0.907. The second kappa shape index (κ2) is 5.23. The predicted molar refractivity (Wildman–Crippen MR) is 72.4 cm³/mol. The molecule has 0 aromatic heterocycles. The van der Waals surface area contributed by atoms with Crippen molar-refractivity contribution in [2.45, 2.75) is 12.8 Å². The lowest BCUT2D eigenvalue weighted by Crippen LogP contribution is -2.06. The Morgan fingerprint density at radius 1 is 1.17 bits per heavy atom. The van der Waals surface area contributed by atoms with Crippen molar-refractivity contribution >= 4 is 17.6 Å². The molecule has 2 aromatic rings. The molecule has 0 bridgehead atoms. The van der Waals surface area contributed by atoms with E-state index in [4.69, 9.17) is 11.6 Å². The first-order valence-corrected chi connectivity index (χ1v) is 6.05. The maximum Gasteiger partial charge on any atom is 0.335 e. The van der Waals surface area contributed by atoms with Crippen LogP contribution in [0.15, 0.2) is 48.5 Å². The summed E-state index contributed by atoms with van der Waals surface area (Å²) in [5.41, 5.74) is 2.15. The Labute approximate surface area is 111 Å². The Hall–Kier alpha value is -1.80. The van der Waals surface area contributed by atoms with Gasteiger partial charge < -0.3 is 5.11 Å². The van der Waals surface area contributed by atoms with Gasteiger partial charge in [0.25, 0.3) is 0 Å². The molecule has 0 spiro atoms. The molecule has 2 aromatic carbocycles. The SMILES string of the molecule is CC(c1cccc(Cl)c1)c1ccccc1C(=O)O. The van der Waals surface area contributed by atoms with E-state index in [0.717, 1.165) is 11.1 Å². The topological polar surface area (TPSA) is 37.3 Å². The molecule has 92 valence electrons. The smallest absolute Gasteiger partial charge is 0.335 e. The van der Waals surface area contributed by atoms with Gasteiger partial charge in [0.2, 0.25) is 0 Å². The standard InChI is InChI=1S/C15H13ClO2/c1-10(11-5-4-6-12(16)9-11)13-7-2-3-8-14(13)15(17)18/h2-10H,1H3,(H,17,18). The average Bonchev–Trinajstić information content (AvgIpc) is 2.38. The van der Waals surface area contributed by atoms with Gasteiger partial charge in [-0.2, -0.15) is 0 Å². The first-order valence-electron chi connectivity index (χ1n) is 5.67. The fourth-order valence-corrected chi connectivity index (χ4v) is 2.22. The number of halogens is 1. The molecule has 1 atom stereocenters. The van der Waals surface area contributed by atoms with Gasteiger partial charge in [-0.15, -0.1) is 0 Å². The third-order valence-corrected chi connectivity index (χ3v) is 3.24. The maximum atomic E-state index is 11.2. The molecule has 0 saturated heterocycles. The van der Waals surface area contributed by atoms with Crippen LogP contribution in [-0.4, -0.2) is 11.1 Å². The third-order valence-electron chi connectivity index (χ3n) is 3.01. The molecular formula is C15H13ClO2. The van der Waals surface area contributed by atoms with Crippen molar-refractivity contribution in [3.8, 4) is 0 Å². The van der Waals surface area contributed by atoms with Crippen LogP contribution in [-0.2, 0) is 0 Å². The Bertz CT molecular complexity index is 578. The van der Waals surface area contributed by atoms with E-state index >= 15 is 0 Å². The minimum absolute atomic E-state index is 0.00370. The van der Waals surface area contributed by atoms with E-state index < -0.39 is 5.97 Å². The minimum atomic E-state index is -0.903. The van der Waals surface area contributed by atoms with E-state index in [-0.39, 0.29) is 5.92 Å². The number of carboxylic acids is 1. The first-order chi connectivity index (χ1) is 8.59. The van der Waals surface area contributed by atoms with Gasteiger partial charge in [0.05, 0.1) is 5.56 Å². The minimum Gasteiger partial charge on any atom is -0.478 e. The zero-order valence-electron chi connectivity index (χ0n) is 9.93. The van der Waals surface area contributed by atoms with Crippen LogP contribution in [0.5, 0.6) is 0 Å². The van der Waals surface area contributed by atoms with Crippen LogP contribution in [0, 0.1) is 0 Å². The van der Waals surface area contributed by atoms with Gasteiger partial charge in [0, 0.05) is 10.9 Å². The fourth-order valence-electron chi connectivity index (χ4n) is 2.02. The second-order valence-corrected chi connectivity index (χ2v) is 4.61. The van der Waals surface area contributed by atoms with Crippen LogP contribution < -0.4 is 0 Å². The lowest BCUT2D eigenvalue weighted by atomic mass is 9.90. The lowest BCUT2D eigenvalue weighted by molar-refractivity contribution is 0.0695. The first kappa shape index (κ1) is 12.7. The Balaban J connectivity index is 2.46. The lowest BCUT2D eigenvalue weighted by Gasteiger charge is -2.15. The van der Waals surface area contributed by atoms with E-state index in [1.165, 1.54) is 0 Å². The van der Waals surface area contributed by atoms with Crippen LogP contribution >= 0.6 is 11.6 Å². The van der Waals surface area contributed by atoms with Crippen LogP contribution in [0.1, 0.15) is 34.3 Å². The number of carbonyl (C=O) groups is 1. The van der Waals surface area contributed by atoms with Crippen molar-refractivity contribution in [2.24, 2.45) is 0 Å². The normalized spacial score (nSPS) is 12.1. The molecule has 0 radical (unpaired) electrons. The highest BCUT2D eigenvalue weighted by Crippen LogP contribution is 2.28. The van der Waals surface area contributed by atoms with Gasteiger partial charge in [0.1, 0.15) is 0 Å². The number of hydrogen-bond acceptors (Lipinski definition) is 1. The van der Waals surface area contributed by atoms with Gasteiger partial charge in [-0.05, 0) is 29.3 Å².